The number of nitrogens with two attached hydrogens (primary N) is 1. The Labute approximate surface area is 122 Å². The Morgan fingerprint density at radius 3 is 2.86 bits per heavy atom. The molecule has 2 aromatic carbocycles. The van der Waals surface area contributed by atoms with Crippen molar-refractivity contribution in [1.82, 2.24) is 4.98 Å². The van der Waals surface area contributed by atoms with Crippen LogP contribution in [-0.2, 0) is 0 Å². The van der Waals surface area contributed by atoms with Crippen molar-refractivity contribution in [2.75, 3.05) is 13.3 Å². The molecule has 1 aromatic heterocycles. The highest BCUT2D eigenvalue weighted by atomic mass is 16.7. The van der Waals surface area contributed by atoms with Gasteiger partial charge in [-0.25, -0.2) is 0 Å². The summed E-state index contributed by atoms with van der Waals surface area (Å²) in [5.74, 6) is 1.73. The zero-order chi connectivity index (χ0) is 14.2. The summed E-state index contributed by atoms with van der Waals surface area (Å²) in [5.41, 5.74) is 9.54. The molecule has 4 rings (SSSR count). The Balaban J connectivity index is 1.81. The zero-order valence-electron chi connectivity index (χ0n) is 11.5. The van der Waals surface area contributed by atoms with E-state index >= 15 is 0 Å². The lowest BCUT2D eigenvalue weighted by atomic mass is 9.91. The smallest absolute Gasteiger partial charge is 0.231 e. The number of aromatic amines is 1. The Hall–Kier alpha value is -2.46. The molecule has 4 nitrogen and oxygen atoms in total. The van der Waals surface area contributed by atoms with Crippen molar-refractivity contribution in [3.8, 4) is 11.5 Å². The van der Waals surface area contributed by atoms with Gasteiger partial charge in [0.1, 0.15) is 0 Å². The fourth-order valence-electron chi connectivity index (χ4n) is 2.95. The Morgan fingerprint density at radius 1 is 1.10 bits per heavy atom. The summed E-state index contributed by atoms with van der Waals surface area (Å²) in [5, 5.41) is 1.21. The highest BCUT2D eigenvalue weighted by Gasteiger charge is 2.20. The quantitative estimate of drug-likeness (QED) is 0.775. The molecule has 2 heterocycles. The average molecular weight is 280 g/mol. The molecule has 1 aliphatic rings. The molecule has 0 saturated heterocycles. The molecule has 0 bridgehead atoms. The SMILES string of the molecule is NC[C@H](c1ccc2c(c1)OCO2)c1c[nH]c2ccccc12. The van der Waals surface area contributed by atoms with Crippen LogP contribution in [0.2, 0.25) is 0 Å². The van der Waals surface area contributed by atoms with Crippen molar-refractivity contribution in [3.05, 3.63) is 59.8 Å². The van der Waals surface area contributed by atoms with Gasteiger partial charge < -0.3 is 20.2 Å². The van der Waals surface area contributed by atoms with Crippen LogP contribution in [0.5, 0.6) is 11.5 Å². The Morgan fingerprint density at radius 2 is 1.95 bits per heavy atom. The van der Waals surface area contributed by atoms with E-state index in [9.17, 15) is 0 Å². The molecular weight excluding hydrogens is 264 g/mol. The molecule has 0 unspecified atom stereocenters. The normalized spacial score (nSPS) is 14.5. The second-order valence-electron chi connectivity index (χ2n) is 5.19. The van der Waals surface area contributed by atoms with Gasteiger partial charge in [0.05, 0.1) is 0 Å². The number of nitrogens with one attached hydrogen (secondary N) is 1. The number of rotatable bonds is 3. The molecule has 106 valence electrons. The summed E-state index contributed by atoms with van der Waals surface area (Å²) < 4.78 is 10.8. The first-order chi connectivity index (χ1) is 10.4. The van der Waals surface area contributed by atoms with E-state index in [0.29, 0.717) is 13.3 Å². The molecule has 0 aliphatic carbocycles. The molecule has 0 saturated carbocycles. The first-order valence-corrected chi connectivity index (χ1v) is 7.02. The largest absolute Gasteiger partial charge is 0.454 e. The fourth-order valence-corrected chi connectivity index (χ4v) is 2.95. The van der Waals surface area contributed by atoms with Crippen molar-refractivity contribution in [2.45, 2.75) is 5.92 Å². The Kier molecular flexibility index (Phi) is 2.82. The first-order valence-electron chi connectivity index (χ1n) is 7.02. The lowest BCUT2D eigenvalue weighted by Crippen LogP contribution is -2.13. The summed E-state index contributed by atoms with van der Waals surface area (Å²) in [4.78, 5) is 3.31. The predicted octanol–water partition coefficient (Wildman–Crippen LogP) is 2.99. The van der Waals surface area contributed by atoms with Crippen molar-refractivity contribution < 1.29 is 9.47 Å². The zero-order valence-corrected chi connectivity index (χ0v) is 11.5. The third-order valence-electron chi connectivity index (χ3n) is 4.03. The van der Waals surface area contributed by atoms with E-state index in [0.717, 1.165) is 22.6 Å². The summed E-state index contributed by atoms with van der Waals surface area (Å²) in [6.45, 7) is 0.834. The monoisotopic (exact) mass is 280 g/mol. The van der Waals surface area contributed by atoms with E-state index in [-0.39, 0.29) is 5.92 Å². The van der Waals surface area contributed by atoms with E-state index < -0.39 is 0 Å². The van der Waals surface area contributed by atoms with E-state index in [1.807, 2.05) is 30.5 Å². The number of H-pyrrole nitrogens is 1. The number of hydrogen-bond acceptors (Lipinski definition) is 3. The third kappa shape index (κ3) is 1.96. The van der Waals surface area contributed by atoms with Gasteiger partial charge in [0.2, 0.25) is 6.79 Å². The summed E-state index contributed by atoms with van der Waals surface area (Å²) in [6.07, 6.45) is 2.05. The first kappa shape index (κ1) is 12.3. The summed E-state index contributed by atoms with van der Waals surface area (Å²) in [6, 6.07) is 14.3. The van der Waals surface area contributed by atoms with Crippen LogP contribution in [0.1, 0.15) is 17.0 Å². The van der Waals surface area contributed by atoms with Crippen LogP contribution in [0.3, 0.4) is 0 Å². The second-order valence-corrected chi connectivity index (χ2v) is 5.19. The minimum Gasteiger partial charge on any atom is -0.454 e. The van der Waals surface area contributed by atoms with E-state index in [4.69, 9.17) is 15.2 Å². The predicted molar refractivity (Wildman–Crippen MR) is 81.8 cm³/mol. The summed E-state index contributed by atoms with van der Waals surface area (Å²) in [7, 11) is 0. The number of aromatic nitrogens is 1. The summed E-state index contributed by atoms with van der Waals surface area (Å²) >= 11 is 0. The second kappa shape index (κ2) is 4.82. The molecule has 4 heteroatoms. The van der Waals surface area contributed by atoms with Crippen LogP contribution in [0.15, 0.2) is 48.7 Å². The van der Waals surface area contributed by atoms with Crippen LogP contribution in [0.4, 0.5) is 0 Å². The maximum absolute atomic E-state index is 6.05. The minimum atomic E-state index is 0.135. The van der Waals surface area contributed by atoms with Crippen LogP contribution < -0.4 is 15.2 Å². The molecule has 0 radical (unpaired) electrons. The van der Waals surface area contributed by atoms with Crippen LogP contribution in [0, 0.1) is 0 Å². The number of hydrogen-bond donors (Lipinski definition) is 2. The molecule has 3 aromatic rings. The molecule has 3 N–H and O–H groups in total. The molecule has 0 amide bonds. The van der Waals surface area contributed by atoms with Gasteiger partial charge in [-0.15, -0.1) is 0 Å². The van der Waals surface area contributed by atoms with E-state index in [1.165, 1.54) is 10.9 Å². The fraction of sp³-hybridized carbons (Fsp3) is 0.176. The minimum absolute atomic E-state index is 0.135. The van der Waals surface area contributed by atoms with Crippen LogP contribution in [-0.4, -0.2) is 18.3 Å². The topological polar surface area (TPSA) is 60.3 Å². The average Bonchev–Trinajstić information content (AvgIpc) is 3.15. The van der Waals surface area contributed by atoms with Gasteiger partial charge in [0.25, 0.3) is 0 Å². The maximum atomic E-state index is 6.05. The molecule has 0 spiro atoms. The van der Waals surface area contributed by atoms with Crippen LogP contribution in [0.25, 0.3) is 10.9 Å². The molecule has 21 heavy (non-hydrogen) atoms. The maximum Gasteiger partial charge on any atom is 0.231 e. The van der Waals surface area contributed by atoms with Crippen molar-refractivity contribution >= 4 is 10.9 Å². The van der Waals surface area contributed by atoms with Gasteiger partial charge in [0.15, 0.2) is 11.5 Å². The molecular formula is C17H16N2O2. The molecule has 1 atom stereocenters. The van der Waals surface area contributed by atoms with Crippen molar-refractivity contribution in [2.24, 2.45) is 5.73 Å². The Bertz CT molecular complexity index is 794. The lowest BCUT2D eigenvalue weighted by Gasteiger charge is -2.15. The highest BCUT2D eigenvalue weighted by molar-refractivity contribution is 5.84. The van der Waals surface area contributed by atoms with Gasteiger partial charge >= 0.3 is 0 Å². The van der Waals surface area contributed by atoms with Gasteiger partial charge in [-0.2, -0.15) is 0 Å². The standard InChI is InChI=1S/C17H16N2O2/c18-8-13(11-5-6-16-17(7-11)21-10-20-16)14-9-19-15-4-2-1-3-12(14)15/h1-7,9,13,19H,8,10,18H2/t13-/m1/s1. The molecule has 1 aliphatic heterocycles. The van der Waals surface area contributed by atoms with Gasteiger partial charge in [-0.1, -0.05) is 24.3 Å². The lowest BCUT2D eigenvalue weighted by molar-refractivity contribution is 0.174. The van der Waals surface area contributed by atoms with Gasteiger partial charge in [0, 0.05) is 29.6 Å². The number of ether oxygens (including phenoxy) is 2. The van der Waals surface area contributed by atoms with E-state index in [2.05, 4.69) is 23.2 Å². The van der Waals surface area contributed by atoms with E-state index in [1.54, 1.807) is 0 Å². The van der Waals surface area contributed by atoms with Gasteiger partial charge in [-0.05, 0) is 29.3 Å². The number of para-hydroxylation sites is 1. The number of fused-ring (bicyclic) bond motifs is 2. The third-order valence-corrected chi connectivity index (χ3v) is 4.03. The highest BCUT2D eigenvalue weighted by Crippen LogP contribution is 2.37. The van der Waals surface area contributed by atoms with Crippen molar-refractivity contribution in [1.29, 1.82) is 0 Å². The van der Waals surface area contributed by atoms with Gasteiger partial charge in [-0.3, -0.25) is 0 Å². The molecule has 0 fully saturated rings. The number of benzene rings is 2. The van der Waals surface area contributed by atoms with Crippen molar-refractivity contribution in [3.63, 3.8) is 0 Å². The van der Waals surface area contributed by atoms with Crippen LogP contribution >= 0.6 is 0 Å².